The summed E-state index contributed by atoms with van der Waals surface area (Å²) in [7, 11) is 1.35. The Morgan fingerprint density at radius 1 is 1.32 bits per heavy atom. The lowest BCUT2D eigenvalue weighted by Crippen LogP contribution is -2.03. The van der Waals surface area contributed by atoms with E-state index in [1.54, 1.807) is 0 Å². The van der Waals surface area contributed by atoms with Crippen LogP contribution in [0.5, 0.6) is 11.5 Å². The molecule has 0 aliphatic rings. The molecule has 0 bridgehead atoms. The van der Waals surface area contributed by atoms with Crippen molar-refractivity contribution in [1.29, 1.82) is 0 Å². The average Bonchev–Trinajstić information content (AvgIpc) is 3.22. The SMILES string of the molecule is COc1cc(-c2noc(CSc3n[nH]c(N)n3)n2)ccc1OC(F)F. The van der Waals surface area contributed by atoms with E-state index in [1.165, 1.54) is 37.1 Å². The number of nitrogens with one attached hydrogen (secondary N) is 1. The van der Waals surface area contributed by atoms with E-state index in [0.29, 0.717) is 22.4 Å². The van der Waals surface area contributed by atoms with Gasteiger partial charge < -0.3 is 19.7 Å². The first-order chi connectivity index (χ1) is 12.0. The Labute approximate surface area is 143 Å². The number of thioether (sulfide) groups is 1. The summed E-state index contributed by atoms with van der Waals surface area (Å²) in [5.74, 6) is 1.24. The number of nitrogens with zero attached hydrogens (tertiary/aromatic N) is 4. The van der Waals surface area contributed by atoms with Crippen molar-refractivity contribution in [3.8, 4) is 22.9 Å². The minimum Gasteiger partial charge on any atom is -0.493 e. The van der Waals surface area contributed by atoms with Gasteiger partial charge >= 0.3 is 6.61 Å². The number of anilines is 1. The lowest BCUT2D eigenvalue weighted by atomic mass is 10.2. The molecule has 0 radical (unpaired) electrons. The summed E-state index contributed by atoms with van der Waals surface area (Å²) < 4.78 is 39.3. The number of nitrogens with two attached hydrogens (primary N) is 1. The fourth-order valence-electron chi connectivity index (χ4n) is 1.88. The molecule has 9 nitrogen and oxygen atoms in total. The lowest BCUT2D eigenvalue weighted by Gasteiger charge is -2.10. The van der Waals surface area contributed by atoms with Crippen molar-refractivity contribution in [2.75, 3.05) is 12.8 Å². The van der Waals surface area contributed by atoms with Crippen LogP contribution < -0.4 is 15.2 Å². The Bertz CT molecular complexity index is 856. The summed E-state index contributed by atoms with van der Waals surface area (Å²) in [6.07, 6.45) is 0. The number of nitrogen functional groups attached to an aromatic ring is 1. The largest absolute Gasteiger partial charge is 0.493 e. The van der Waals surface area contributed by atoms with Crippen LogP contribution in [0.1, 0.15) is 5.89 Å². The van der Waals surface area contributed by atoms with Crippen LogP contribution >= 0.6 is 11.8 Å². The molecular weight excluding hydrogens is 358 g/mol. The molecule has 2 heterocycles. The zero-order valence-electron chi connectivity index (χ0n) is 12.8. The summed E-state index contributed by atoms with van der Waals surface area (Å²) >= 11 is 1.26. The number of methoxy groups -OCH3 is 1. The zero-order chi connectivity index (χ0) is 17.8. The molecule has 0 saturated carbocycles. The summed E-state index contributed by atoms with van der Waals surface area (Å²) in [6, 6.07) is 4.36. The van der Waals surface area contributed by atoms with Gasteiger partial charge in [0.2, 0.25) is 22.8 Å². The van der Waals surface area contributed by atoms with Crippen LogP contribution in [0.2, 0.25) is 0 Å². The topological polar surface area (TPSA) is 125 Å². The number of hydrogen-bond acceptors (Lipinski definition) is 9. The molecule has 1 aromatic carbocycles. The van der Waals surface area contributed by atoms with Crippen molar-refractivity contribution in [3.63, 3.8) is 0 Å². The fourth-order valence-corrected chi connectivity index (χ4v) is 2.52. The normalized spacial score (nSPS) is 11.0. The molecule has 0 fully saturated rings. The smallest absolute Gasteiger partial charge is 0.387 e. The molecule has 0 amide bonds. The fraction of sp³-hybridized carbons (Fsp3) is 0.231. The molecule has 0 atom stereocenters. The van der Waals surface area contributed by atoms with E-state index in [1.807, 2.05) is 0 Å². The van der Waals surface area contributed by atoms with Crippen molar-refractivity contribution in [3.05, 3.63) is 24.1 Å². The standard InChI is InChI=1S/C13H12F2N6O3S/c1-22-8-4-6(2-3-7(8)23-11(14)15)10-17-9(24-21-10)5-25-13-18-12(16)19-20-13/h2-4,11H,5H2,1H3,(H3,16,18,19,20). The average molecular weight is 370 g/mol. The number of ether oxygens (including phenoxy) is 2. The van der Waals surface area contributed by atoms with E-state index in [0.717, 1.165) is 0 Å². The van der Waals surface area contributed by atoms with Crippen LogP contribution in [0.25, 0.3) is 11.4 Å². The highest BCUT2D eigenvalue weighted by Gasteiger charge is 2.15. The van der Waals surface area contributed by atoms with E-state index in [-0.39, 0.29) is 23.3 Å². The van der Waals surface area contributed by atoms with Gasteiger partial charge in [-0.3, -0.25) is 0 Å². The number of halogens is 2. The van der Waals surface area contributed by atoms with Gasteiger partial charge in [0, 0.05) is 5.56 Å². The number of H-pyrrole nitrogens is 1. The quantitative estimate of drug-likeness (QED) is 0.603. The number of rotatable bonds is 7. The number of alkyl halides is 2. The van der Waals surface area contributed by atoms with Gasteiger partial charge in [0.1, 0.15) is 0 Å². The molecule has 132 valence electrons. The van der Waals surface area contributed by atoms with Gasteiger partial charge in [-0.25, -0.2) is 5.10 Å². The summed E-state index contributed by atoms with van der Waals surface area (Å²) in [6.45, 7) is -2.95. The van der Waals surface area contributed by atoms with Gasteiger partial charge in [0.05, 0.1) is 12.9 Å². The maximum atomic E-state index is 12.3. The second-order valence-electron chi connectivity index (χ2n) is 4.55. The summed E-state index contributed by atoms with van der Waals surface area (Å²) in [4.78, 5) is 8.17. The molecule has 0 aliphatic heterocycles. The van der Waals surface area contributed by atoms with Gasteiger partial charge in [0.15, 0.2) is 11.5 Å². The summed E-state index contributed by atoms with van der Waals surface area (Å²) in [5.41, 5.74) is 5.96. The lowest BCUT2D eigenvalue weighted by molar-refractivity contribution is -0.0512. The molecule has 3 aromatic rings. The molecule has 25 heavy (non-hydrogen) atoms. The maximum Gasteiger partial charge on any atom is 0.387 e. The summed E-state index contributed by atoms with van der Waals surface area (Å²) in [5, 5.41) is 10.7. The van der Waals surface area contributed by atoms with E-state index >= 15 is 0 Å². The number of hydrogen-bond donors (Lipinski definition) is 2. The highest BCUT2D eigenvalue weighted by molar-refractivity contribution is 7.98. The van der Waals surface area contributed by atoms with Crippen LogP contribution in [0, 0.1) is 0 Å². The van der Waals surface area contributed by atoms with E-state index in [9.17, 15) is 8.78 Å². The molecule has 0 aliphatic carbocycles. The third-order valence-electron chi connectivity index (χ3n) is 2.91. The minimum absolute atomic E-state index is 0.0808. The first-order valence-corrected chi connectivity index (χ1v) is 7.80. The Morgan fingerprint density at radius 3 is 2.84 bits per heavy atom. The molecule has 12 heteroatoms. The van der Waals surface area contributed by atoms with Crippen molar-refractivity contribution < 1.29 is 22.8 Å². The minimum atomic E-state index is -2.95. The van der Waals surface area contributed by atoms with E-state index in [4.69, 9.17) is 15.0 Å². The predicted molar refractivity (Wildman–Crippen MR) is 83.3 cm³/mol. The Balaban J connectivity index is 1.72. The van der Waals surface area contributed by atoms with Gasteiger partial charge in [-0.1, -0.05) is 16.9 Å². The van der Waals surface area contributed by atoms with Crippen molar-refractivity contribution in [1.82, 2.24) is 25.3 Å². The Hall–Kier alpha value is -2.89. The molecule has 0 spiro atoms. The van der Waals surface area contributed by atoms with Crippen LogP contribution in [0.3, 0.4) is 0 Å². The number of benzene rings is 1. The molecular formula is C13H12F2N6O3S. The van der Waals surface area contributed by atoms with Gasteiger partial charge in [-0.2, -0.15) is 18.7 Å². The molecule has 3 N–H and O–H groups in total. The van der Waals surface area contributed by atoms with Gasteiger partial charge in [0.25, 0.3) is 0 Å². The highest BCUT2D eigenvalue weighted by Crippen LogP contribution is 2.32. The monoisotopic (exact) mass is 370 g/mol. The number of aromatic amines is 1. The van der Waals surface area contributed by atoms with Gasteiger partial charge in [-0.05, 0) is 18.2 Å². The van der Waals surface area contributed by atoms with Crippen LogP contribution in [-0.4, -0.2) is 39.0 Å². The van der Waals surface area contributed by atoms with Crippen molar-refractivity contribution >= 4 is 17.7 Å². The third kappa shape index (κ3) is 4.15. The van der Waals surface area contributed by atoms with Crippen LogP contribution in [-0.2, 0) is 5.75 Å². The second-order valence-corrected chi connectivity index (χ2v) is 5.49. The second kappa shape index (κ2) is 7.34. The Kier molecular flexibility index (Phi) is 4.97. The molecule has 0 saturated heterocycles. The van der Waals surface area contributed by atoms with E-state index in [2.05, 4.69) is 30.1 Å². The maximum absolute atomic E-state index is 12.3. The first kappa shape index (κ1) is 17.0. The van der Waals surface area contributed by atoms with Crippen LogP contribution in [0.15, 0.2) is 27.9 Å². The van der Waals surface area contributed by atoms with Gasteiger partial charge in [-0.15, -0.1) is 5.10 Å². The zero-order valence-corrected chi connectivity index (χ0v) is 13.6. The third-order valence-corrected chi connectivity index (χ3v) is 3.74. The van der Waals surface area contributed by atoms with Crippen molar-refractivity contribution in [2.24, 2.45) is 0 Å². The van der Waals surface area contributed by atoms with E-state index < -0.39 is 6.61 Å². The van der Waals surface area contributed by atoms with Crippen molar-refractivity contribution in [2.45, 2.75) is 17.5 Å². The molecule has 3 rings (SSSR count). The Morgan fingerprint density at radius 2 is 2.16 bits per heavy atom. The molecule has 2 aromatic heterocycles. The number of aromatic nitrogens is 5. The molecule has 0 unspecified atom stereocenters. The highest BCUT2D eigenvalue weighted by atomic mass is 32.2. The predicted octanol–water partition coefficient (Wildman–Crippen LogP) is 2.34. The first-order valence-electron chi connectivity index (χ1n) is 6.81. The van der Waals surface area contributed by atoms with Crippen LogP contribution in [0.4, 0.5) is 14.7 Å².